The monoisotopic (exact) mass is 581 g/mol. The van der Waals surface area contributed by atoms with Crippen molar-refractivity contribution in [3.8, 4) is 11.3 Å². The van der Waals surface area contributed by atoms with Gasteiger partial charge in [0.1, 0.15) is 0 Å². The number of hydrogen-bond acceptors (Lipinski definition) is 6. The van der Waals surface area contributed by atoms with Gasteiger partial charge in [0, 0.05) is 66.9 Å². The van der Waals surface area contributed by atoms with Gasteiger partial charge in [-0.05, 0) is 60.7 Å². The topological polar surface area (TPSA) is 79.3 Å². The van der Waals surface area contributed by atoms with Crippen molar-refractivity contribution in [1.82, 2.24) is 14.5 Å². The number of benzene rings is 3. The van der Waals surface area contributed by atoms with Crippen molar-refractivity contribution in [2.75, 3.05) is 35.2 Å². The van der Waals surface area contributed by atoms with Gasteiger partial charge in [-0.3, -0.25) is 14.5 Å². The Balaban J connectivity index is 1.35. The first kappa shape index (κ1) is 29.6. The lowest BCUT2D eigenvalue weighted by molar-refractivity contribution is 0.102. The van der Waals surface area contributed by atoms with Gasteiger partial charge in [0.25, 0.3) is 11.5 Å². The van der Waals surface area contributed by atoms with Gasteiger partial charge in [-0.25, -0.2) is 4.98 Å². The molecule has 0 saturated carbocycles. The average molecular weight is 582 g/mol. The molecule has 0 spiro atoms. The van der Waals surface area contributed by atoms with Gasteiger partial charge >= 0.3 is 0 Å². The van der Waals surface area contributed by atoms with Crippen LogP contribution in [-0.2, 0) is 20.0 Å². The molecule has 8 heteroatoms. The number of carbonyl (C=O) groups excluding carboxylic acids is 1. The molecule has 4 aromatic rings. The third kappa shape index (κ3) is 7.12. The van der Waals surface area contributed by atoms with Crippen molar-refractivity contribution in [2.24, 2.45) is 7.05 Å². The van der Waals surface area contributed by atoms with Gasteiger partial charge in [0.05, 0.1) is 5.69 Å². The molecule has 0 aliphatic carbocycles. The summed E-state index contributed by atoms with van der Waals surface area (Å²) in [5.41, 5.74) is 6.71. The quantitative estimate of drug-likeness (QED) is 0.219. The number of hydrogen-bond donors (Lipinski definition) is 2. The third-order valence-electron chi connectivity index (χ3n) is 7.72. The van der Waals surface area contributed by atoms with E-state index in [-0.39, 0.29) is 17.3 Å². The first-order chi connectivity index (χ1) is 20.4. The highest BCUT2D eigenvalue weighted by atomic mass is 32.2. The summed E-state index contributed by atoms with van der Waals surface area (Å²) in [6, 6.07) is 21.8. The normalized spacial score (nSPS) is 13.6. The number of rotatable bonds is 10. The van der Waals surface area contributed by atoms with E-state index in [1.165, 1.54) is 17.1 Å². The Morgan fingerprint density at radius 3 is 2.52 bits per heavy atom. The number of aromatic nitrogens is 2. The molecule has 1 aliphatic rings. The first-order valence-corrected chi connectivity index (χ1v) is 15.8. The van der Waals surface area contributed by atoms with Gasteiger partial charge < -0.3 is 15.2 Å². The van der Waals surface area contributed by atoms with Crippen molar-refractivity contribution in [3.05, 3.63) is 106 Å². The SMILES string of the molecule is CCCCc1ccccc1C(=O)Nc1cccc(-c2cn(C)c(=O)c(Nc3ccc(CN4CCSCC4)cc3)n2)c1C. The second kappa shape index (κ2) is 13.9. The van der Waals surface area contributed by atoms with Crippen LogP contribution in [0.2, 0.25) is 0 Å². The van der Waals surface area contributed by atoms with E-state index in [0.717, 1.165) is 67.0 Å². The minimum absolute atomic E-state index is 0.125. The Kier molecular flexibility index (Phi) is 9.77. The molecule has 2 heterocycles. The van der Waals surface area contributed by atoms with E-state index in [9.17, 15) is 9.59 Å². The van der Waals surface area contributed by atoms with E-state index in [0.29, 0.717) is 11.3 Å². The van der Waals surface area contributed by atoms with E-state index in [4.69, 9.17) is 4.98 Å². The van der Waals surface area contributed by atoms with Gasteiger partial charge in [0.2, 0.25) is 0 Å². The third-order valence-corrected chi connectivity index (χ3v) is 8.66. The van der Waals surface area contributed by atoms with Crippen LogP contribution >= 0.6 is 11.8 Å². The molecule has 2 N–H and O–H groups in total. The second-order valence-corrected chi connectivity index (χ2v) is 12.0. The fourth-order valence-corrected chi connectivity index (χ4v) is 6.21. The molecule has 1 saturated heterocycles. The lowest BCUT2D eigenvalue weighted by Gasteiger charge is -2.26. The average Bonchev–Trinajstić information content (AvgIpc) is 3.01. The molecule has 0 unspecified atom stereocenters. The Morgan fingerprint density at radius 1 is 1.00 bits per heavy atom. The highest BCUT2D eigenvalue weighted by molar-refractivity contribution is 7.99. The molecule has 0 radical (unpaired) electrons. The zero-order chi connectivity index (χ0) is 29.5. The second-order valence-electron chi connectivity index (χ2n) is 10.8. The predicted octanol–water partition coefficient (Wildman–Crippen LogP) is 6.64. The summed E-state index contributed by atoms with van der Waals surface area (Å²) in [5.74, 6) is 2.51. The van der Waals surface area contributed by atoms with Crippen molar-refractivity contribution in [1.29, 1.82) is 0 Å². The van der Waals surface area contributed by atoms with Gasteiger partial charge in [0.15, 0.2) is 5.82 Å². The zero-order valence-electron chi connectivity index (χ0n) is 24.7. The van der Waals surface area contributed by atoms with Crippen LogP contribution in [0.15, 0.2) is 77.7 Å². The number of carbonyl (C=O) groups is 1. The van der Waals surface area contributed by atoms with Crippen LogP contribution in [0.3, 0.4) is 0 Å². The van der Waals surface area contributed by atoms with Crippen LogP contribution < -0.4 is 16.2 Å². The number of aryl methyl sites for hydroxylation is 2. The molecule has 0 atom stereocenters. The van der Waals surface area contributed by atoms with Crippen molar-refractivity contribution >= 4 is 34.9 Å². The number of anilines is 3. The van der Waals surface area contributed by atoms with Crippen LogP contribution in [0, 0.1) is 6.92 Å². The molecule has 5 rings (SSSR count). The fraction of sp³-hybridized carbons (Fsp3) is 0.324. The summed E-state index contributed by atoms with van der Waals surface area (Å²) >= 11 is 2.01. The number of thioether (sulfide) groups is 1. The Morgan fingerprint density at radius 2 is 1.76 bits per heavy atom. The predicted molar refractivity (Wildman–Crippen MR) is 175 cm³/mol. The molecular weight excluding hydrogens is 542 g/mol. The molecular formula is C34H39N5O2S. The Labute approximate surface area is 252 Å². The summed E-state index contributed by atoms with van der Waals surface area (Å²) < 4.78 is 1.54. The largest absolute Gasteiger partial charge is 0.336 e. The standard InChI is InChI=1S/C34H39N5O2S/c1-4-5-9-26-10-6-7-11-29(26)33(40)37-30-13-8-12-28(24(30)2)31-23-38(3)34(41)32(36-31)35-27-16-14-25(15-17-27)22-39-18-20-42-21-19-39/h6-8,10-17,23H,4-5,9,18-22H2,1-3H3,(H,35,36)(H,37,40). The van der Waals surface area contributed by atoms with E-state index >= 15 is 0 Å². The van der Waals surface area contributed by atoms with Gasteiger partial charge in [-0.2, -0.15) is 11.8 Å². The van der Waals surface area contributed by atoms with E-state index in [1.807, 2.05) is 73.3 Å². The summed E-state index contributed by atoms with van der Waals surface area (Å²) in [6.45, 7) is 7.29. The molecule has 1 aromatic heterocycles. The van der Waals surface area contributed by atoms with E-state index in [2.05, 4.69) is 34.6 Å². The maximum atomic E-state index is 13.3. The number of amides is 1. The summed E-state index contributed by atoms with van der Waals surface area (Å²) in [4.78, 5) is 33.5. The maximum absolute atomic E-state index is 13.3. The van der Waals surface area contributed by atoms with Crippen LogP contribution in [0.5, 0.6) is 0 Å². The maximum Gasteiger partial charge on any atom is 0.293 e. The lowest BCUT2D eigenvalue weighted by Crippen LogP contribution is -2.31. The molecule has 3 aromatic carbocycles. The molecule has 0 bridgehead atoms. The van der Waals surface area contributed by atoms with E-state index < -0.39 is 0 Å². The molecule has 1 amide bonds. The van der Waals surface area contributed by atoms with E-state index in [1.54, 1.807) is 17.8 Å². The number of unbranched alkanes of at least 4 members (excludes halogenated alkanes) is 1. The molecule has 1 aliphatic heterocycles. The van der Waals surface area contributed by atoms with Gasteiger partial charge in [-0.1, -0.05) is 55.8 Å². The van der Waals surface area contributed by atoms with Gasteiger partial charge in [-0.15, -0.1) is 0 Å². The van der Waals surface area contributed by atoms with Crippen molar-refractivity contribution in [3.63, 3.8) is 0 Å². The van der Waals surface area contributed by atoms with Crippen LogP contribution in [0.25, 0.3) is 11.3 Å². The lowest BCUT2D eigenvalue weighted by atomic mass is 10.0. The Bertz CT molecular complexity index is 1590. The van der Waals surface area contributed by atoms with Crippen LogP contribution in [0.4, 0.5) is 17.2 Å². The van der Waals surface area contributed by atoms with Crippen LogP contribution in [0.1, 0.15) is 46.8 Å². The number of nitrogens with one attached hydrogen (secondary N) is 2. The highest BCUT2D eigenvalue weighted by Gasteiger charge is 2.16. The van der Waals surface area contributed by atoms with Crippen molar-refractivity contribution < 1.29 is 4.79 Å². The smallest absolute Gasteiger partial charge is 0.293 e. The van der Waals surface area contributed by atoms with Crippen molar-refractivity contribution in [2.45, 2.75) is 39.7 Å². The summed E-state index contributed by atoms with van der Waals surface area (Å²) in [5, 5.41) is 6.35. The number of nitrogens with zero attached hydrogens (tertiary/aromatic N) is 3. The fourth-order valence-electron chi connectivity index (χ4n) is 5.23. The van der Waals surface area contributed by atoms with Crippen LogP contribution in [-0.4, -0.2) is 45.0 Å². The highest BCUT2D eigenvalue weighted by Crippen LogP contribution is 2.29. The summed E-state index contributed by atoms with van der Waals surface area (Å²) in [7, 11) is 1.73. The minimum Gasteiger partial charge on any atom is -0.336 e. The molecule has 1 fully saturated rings. The summed E-state index contributed by atoms with van der Waals surface area (Å²) in [6.07, 6.45) is 4.72. The molecule has 7 nitrogen and oxygen atoms in total. The zero-order valence-corrected chi connectivity index (χ0v) is 25.5. The molecule has 42 heavy (non-hydrogen) atoms. The molecule has 218 valence electrons. The Hall–Kier alpha value is -3.88. The minimum atomic E-state index is -0.209. The first-order valence-electron chi connectivity index (χ1n) is 14.7.